The van der Waals surface area contributed by atoms with Gasteiger partial charge in [-0.3, -0.25) is 4.90 Å². The highest BCUT2D eigenvalue weighted by atomic mass is 32.2. The van der Waals surface area contributed by atoms with E-state index >= 15 is 0 Å². The van der Waals surface area contributed by atoms with Crippen molar-refractivity contribution in [1.29, 1.82) is 0 Å². The van der Waals surface area contributed by atoms with Gasteiger partial charge < -0.3 is 4.57 Å². The van der Waals surface area contributed by atoms with Crippen LogP contribution in [-0.2, 0) is 35.8 Å². The smallest absolute Gasteiger partial charge is 0.215 e. The molecule has 2 aromatic carbocycles. The molecule has 158 valence electrons. The van der Waals surface area contributed by atoms with Gasteiger partial charge in [0.25, 0.3) is 0 Å². The molecule has 0 aliphatic carbocycles. The number of hydrogen-bond donors (Lipinski definition) is 1. The molecule has 6 heteroatoms. The van der Waals surface area contributed by atoms with E-state index < -0.39 is 10.0 Å². The molecule has 0 bridgehead atoms. The topological polar surface area (TPSA) is 54.3 Å². The largest absolute Gasteiger partial charge is 0.353 e. The zero-order chi connectivity index (χ0) is 21.1. The van der Waals surface area contributed by atoms with Crippen LogP contribution in [0.15, 0.2) is 66.9 Å². The minimum Gasteiger partial charge on any atom is -0.353 e. The number of hydrogen-bond acceptors (Lipinski definition) is 3. The average Bonchev–Trinajstić information content (AvgIpc) is 3.15. The molecule has 0 fully saturated rings. The standard InChI is InChI=1S/C24H29N3O2S/c1-19-8-3-4-11-22(19)18-30(28,29)25-16-24(23-12-7-14-26(23)2)27-15-13-20-9-5-6-10-21(20)17-27/h3-12,14,24-25H,13,15-18H2,1-2H3. The second kappa shape index (κ2) is 8.76. The van der Waals surface area contributed by atoms with Crippen molar-refractivity contribution in [3.63, 3.8) is 0 Å². The fraction of sp³-hybridized carbons (Fsp3) is 0.333. The van der Waals surface area contributed by atoms with E-state index in [1.54, 1.807) is 0 Å². The van der Waals surface area contributed by atoms with Crippen molar-refractivity contribution in [3.05, 3.63) is 94.8 Å². The summed E-state index contributed by atoms with van der Waals surface area (Å²) in [4.78, 5) is 2.38. The second-order valence-electron chi connectivity index (χ2n) is 8.08. The van der Waals surface area contributed by atoms with Crippen LogP contribution < -0.4 is 4.72 Å². The lowest BCUT2D eigenvalue weighted by Crippen LogP contribution is -2.41. The Balaban J connectivity index is 1.53. The van der Waals surface area contributed by atoms with Gasteiger partial charge in [0, 0.05) is 38.6 Å². The highest BCUT2D eigenvalue weighted by Crippen LogP contribution is 2.28. The third-order valence-electron chi connectivity index (χ3n) is 6.03. The number of rotatable bonds is 7. The molecule has 1 aliphatic heterocycles. The average molecular weight is 424 g/mol. The highest BCUT2D eigenvalue weighted by Gasteiger charge is 2.27. The molecule has 1 unspecified atom stereocenters. The van der Waals surface area contributed by atoms with Gasteiger partial charge in [-0.15, -0.1) is 0 Å². The van der Waals surface area contributed by atoms with E-state index in [2.05, 4.69) is 44.5 Å². The van der Waals surface area contributed by atoms with Crippen LogP contribution >= 0.6 is 0 Å². The second-order valence-corrected chi connectivity index (χ2v) is 9.89. The summed E-state index contributed by atoms with van der Waals surface area (Å²) in [5, 5.41) is 0. The summed E-state index contributed by atoms with van der Waals surface area (Å²) in [6.07, 6.45) is 3.00. The van der Waals surface area contributed by atoms with Crippen LogP contribution in [0.5, 0.6) is 0 Å². The number of nitrogens with one attached hydrogen (secondary N) is 1. The van der Waals surface area contributed by atoms with Gasteiger partial charge in [-0.25, -0.2) is 13.1 Å². The molecule has 1 atom stereocenters. The summed E-state index contributed by atoms with van der Waals surface area (Å²) in [5.74, 6) is 0.00234. The summed E-state index contributed by atoms with van der Waals surface area (Å²) in [6, 6.07) is 20.2. The quantitative estimate of drug-likeness (QED) is 0.632. The van der Waals surface area contributed by atoms with Gasteiger partial charge in [-0.2, -0.15) is 0 Å². The molecule has 1 N–H and O–H groups in total. The highest BCUT2D eigenvalue weighted by molar-refractivity contribution is 7.88. The van der Waals surface area contributed by atoms with Crippen LogP contribution in [0.2, 0.25) is 0 Å². The first-order valence-corrected chi connectivity index (χ1v) is 12.0. The number of nitrogens with zero attached hydrogens (tertiary/aromatic N) is 2. The van der Waals surface area contributed by atoms with Crippen molar-refractivity contribution >= 4 is 10.0 Å². The van der Waals surface area contributed by atoms with Gasteiger partial charge in [0.1, 0.15) is 0 Å². The Bertz CT molecular complexity index is 1120. The molecular weight excluding hydrogens is 394 g/mol. The van der Waals surface area contributed by atoms with E-state index in [0.717, 1.165) is 36.3 Å². The normalized spacial score (nSPS) is 15.7. The van der Waals surface area contributed by atoms with Gasteiger partial charge in [0.2, 0.25) is 10.0 Å². The fourth-order valence-corrected chi connectivity index (χ4v) is 5.51. The number of aromatic nitrogens is 1. The van der Waals surface area contributed by atoms with Crippen LogP contribution in [0.4, 0.5) is 0 Å². The van der Waals surface area contributed by atoms with Gasteiger partial charge in [0.05, 0.1) is 11.8 Å². The third kappa shape index (κ3) is 4.67. The van der Waals surface area contributed by atoms with Crippen molar-refractivity contribution in [2.45, 2.75) is 31.7 Å². The summed E-state index contributed by atoms with van der Waals surface area (Å²) in [5.41, 5.74) is 5.67. The number of fused-ring (bicyclic) bond motifs is 1. The predicted molar refractivity (Wildman–Crippen MR) is 121 cm³/mol. The predicted octanol–water partition coefficient (Wildman–Crippen LogP) is 3.55. The van der Waals surface area contributed by atoms with Crippen molar-refractivity contribution < 1.29 is 8.42 Å². The maximum atomic E-state index is 12.9. The lowest BCUT2D eigenvalue weighted by atomic mass is 9.98. The molecule has 1 aromatic heterocycles. The van der Waals surface area contributed by atoms with E-state index in [0.29, 0.717) is 6.54 Å². The molecular formula is C24H29N3O2S. The molecule has 2 heterocycles. The lowest BCUT2D eigenvalue weighted by Gasteiger charge is -2.36. The van der Waals surface area contributed by atoms with Crippen molar-refractivity contribution in [2.24, 2.45) is 7.05 Å². The Morgan fingerprint density at radius 3 is 2.47 bits per heavy atom. The Morgan fingerprint density at radius 1 is 1.00 bits per heavy atom. The van der Waals surface area contributed by atoms with Crippen LogP contribution in [0.1, 0.15) is 34.0 Å². The van der Waals surface area contributed by atoms with Crippen LogP contribution in [0, 0.1) is 6.92 Å². The molecule has 30 heavy (non-hydrogen) atoms. The zero-order valence-corrected chi connectivity index (χ0v) is 18.4. The van der Waals surface area contributed by atoms with Crippen molar-refractivity contribution in [1.82, 2.24) is 14.2 Å². The van der Waals surface area contributed by atoms with E-state index in [-0.39, 0.29) is 11.8 Å². The summed E-state index contributed by atoms with van der Waals surface area (Å²) < 4.78 is 30.7. The Hall–Kier alpha value is -2.41. The number of aryl methyl sites for hydroxylation is 2. The monoisotopic (exact) mass is 423 g/mol. The number of benzene rings is 2. The van der Waals surface area contributed by atoms with Crippen molar-refractivity contribution in [2.75, 3.05) is 13.1 Å². The Labute approximate surface area is 179 Å². The molecule has 3 aromatic rings. The van der Waals surface area contributed by atoms with Gasteiger partial charge in [-0.1, -0.05) is 48.5 Å². The van der Waals surface area contributed by atoms with Crippen LogP contribution in [0.3, 0.4) is 0 Å². The molecule has 0 saturated heterocycles. The summed E-state index contributed by atoms with van der Waals surface area (Å²) >= 11 is 0. The van der Waals surface area contributed by atoms with Crippen LogP contribution in [0.25, 0.3) is 0 Å². The summed E-state index contributed by atoms with van der Waals surface area (Å²) in [7, 11) is -1.43. The molecule has 0 spiro atoms. The molecule has 0 amide bonds. The van der Waals surface area contributed by atoms with E-state index in [4.69, 9.17) is 0 Å². The number of sulfonamides is 1. The molecule has 0 radical (unpaired) electrons. The van der Waals surface area contributed by atoms with Crippen LogP contribution in [-0.4, -0.2) is 31.0 Å². The molecule has 0 saturated carbocycles. The maximum Gasteiger partial charge on any atom is 0.215 e. The summed E-state index contributed by atoms with van der Waals surface area (Å²) in [6.45, 7) is 4.04. The fourth-order valence-electron chi connectivity index (χ4n) is 4.26. The SMILES string of the molecule is Cc1ccccc1CS(=O)(=O)NCC(c1cccn1C)N1CCc2ccccc2C1. The van der Waals surface area contributed by atoms with E-state index in [1.807, 2.05) is 50.5 Å². The zero-order valence-electron chi connectivity index (χ0n) is 17.6. The van der Waals surface area contributed by atoms with Gasteiger partial charge in [-0.05, 0) is 47.7 Å². The Morgan fingerprint density at radius 2 is 1.73 bits per heavy atom. The third-order valence-corrected chi connectivity index (χ3v) is 7.33. The molecule has 5 nitrogen and oxygen atoms in total. The first-order chi connectivity index (χ1) is 14.4. The lowest BCUT2D eigenvalue weighted by molar-refractivity contribution is 0.174. The van der Waals surface area contributed by atoms with Gasteiger partial charge >= 0.3 is 0 Å². The molecule has 1 aliphatic rings. The van der Waals surface area contributed by atoms with E-state index in [1.165, 1.54) is 11.1 Å². The first-order valence-electron chi connectivity index (χ1n) is 10.4. The first kappa shape index (κ1) is 20.8. The maximum absolute atomic E-state index is 12.9. The molecule has 4 rings (SSSR count). The minimum absolute atomic E-state index is 0.00234. The van der Waals surface area contributed by atoms with E-state index in [9.17, 15) is 8.42 Å². The van der Waals surface area contributed by atoms with Gasteiger partial charge in [0.15, 0.2) is 0 Å². The van der Waals surface area contributed by atoms with Crippen molar-refractivity contribution in [3.8, 4) is 0 Å². The Kier molecular flexibility index (Phi) is 6.09. The minimum atomic E-state index is -3.44.